The lowest BCUT2D eigenvalue weighted by Crippen LogP contribution is -2.21. The average molecular weight is 273 g/mol. The fourth-order valence-corrected chi connectivity index (χ4v) is 1.74. The SMILES string of the molecule is CC(C)(C)c1nc(-c2cccc([N+](=O)[O-])c2)cc(=O)[nH]1. The number of nitrogens with zero attached hydrogens (tertiary/aromatic N) is 2. The van der Waals surface area contributed by atoms with Crippen LogP contribution in [-0.4, -0.2) is 14.9 Å². The Morgan fingerprint density at radius 3 is 2.55 bits per heavy atom. The van der Waals surface area contributed by atoms with Gasteiger partial charge in [0.05, 0.1) is 10.6 Å². The maximum absolute atomic E-state index is 11.7. The van der Waals surface area contributed by atoms with Gasteiger partial charge in [-0.25, -0.2) is 4.98 Å². The van der Waals surface area contributed by atoms with Crippen molar-refractivity contribution in [2.45, 2.75) is 26.2 Å². The van der Waals surface area contributed by atoms with Crippen molar-refractivity contribution in [2.24, 2.45) is 0 Å². The van der Waals surface area contributed by atoms with E-state index in [0.29, 0.717) is 17.1 Å². The Bertz CT molecular complexity index is 714. The van der Waals surface area contributed by atoms with Gasteiger partial charge in [-0.3, -0.25) is 14.9 Å². The summed E-state index contributed by atoms with van der Waals surface area (Å²) in [6.07, 6.45) is 0. The van der Waals surface area contributed by atoms with Gasteiger partial charge in [0.2, 0.25) is 0 Å². The van der Waals surface area contributed by atoms with Crippen LogP contribution in [0.1, 0.15) is 26.6 Å². The van der Waals surface area contributed by atoms with Crippen molar-refractivity contribution in [2.75, 3.05) is 0 Å². The van der Waals surface area contributed by atoms with E-state index in [4.69, 9.17) is 0 Å². The van der Waals surface area contributed by atoms with Gasteiger partial charge in [-0.1, -0.05) is 32.9 Å². The highest BCUT2D eigenvalue weighted by atomic mass is 16.6. The summed E-state index contributed by atoms with van der Waals surface area (Å²) in [5.41, 5.74) is 0.377. The third-order valence-corrected chi connectivity index (χ3v) is 2.80. The van der Waals surface area contributed by atoms with Crippen molar-refractivity contribution < 1.29 is 4.92 Å². The molecule has 0 fully saturated rings. The Morgan fingerprint density at radius 1 is 1.25 bits per heavy atom. The second kappa shape index (κ2) is 4.88. The number of aromatic amines is 1. The molecule has 0 bridgehead atoms. The Balaban J connectivity index is 2.58. The van der Waals surface area contributed by atoms with Crippen LogP contribution >= 0.6 is 0 Å². The Morgan fingerprint density at radius 2 is 1.95 bits per heavy atom. The summed E-state index contributed by atoms with van der Waals surface area (Å²) in [7, 11) is 0. The van der Waals surface area contributed by atoms with Crippen LogP contribution in [0.2, 0.25) is 0 Å². The van der Waals surface area contributed by atoms with Gasteiger partial charge in [-0.2, -0.15) is 0 Å². The van der Waals surface area contributed by atoms with E-state index in [9.17, 15) is 14.9 Å². The van der Waals surface area contributed by atoms with Crippen LogP contribution in [0.25, 0.3) is 11.3 Å². The molecular formula is C14H15N3O3. The molecule has 0 aliphatic carbocycles. The number of rotatable bonds is 2. The van der Waals surface area contributed by atoms with Crippen LogP contribution < -0.4 is 5.56 Å². The summed E-state index contributed by atoms with van der Waals surface area (Å²) in [5.74, 6) is 0.548. The van der Waals surface area contributed by atoms with Crippen LogP contribution in [0.3, 0.4) is 0 Å². The summed E-state index contributed by atoms with van der Waals surface area (Å²) in [6, 6.07) is 7.43. The molecule has 0 saturated carbocycles. The molecule has 0 amide bonds. The van der Waals surface area contributed by atoms with Crippen LogP contribution in [-0.2, 0) is 5.41 Å². The number of benzene rings is 1. The molecule has 0 radical (unpaired) electrons. The fourth-order valence-electron chi connectivity index (χ4n) is 1.74. The second-order valence-corrected chi connectivity index (χ2v) is 5.54. The van der Waals surface area contributed by atoms with Crippen LogP contribution in [0.4, 0.5) is 5.69 Å². The quantitative estimate of drug-likeness (QED) is 0.672. The Kier molecular flexibility index (Phi) is 3.40. The third kappa shape index (κ3) is 2.90. The number of nitrogens with one attached hydrogen (secondary N) is 1. The molecule has 1 aromatic heterocycles. The standard InChI is InChI=1S/C14H15N3O3/c1-14(2,3)13-15-11(8-12(18)16-13)9-5-4-6-10(7-9)17(19)20/h4-8H,1-3H3,(H,15,16,18). The van der Waals surface area contributed by atoms with Gasteiger partial charge in [-0.05, 0) is 0 Å². The van der Waals surface area contributed by atoms with Gasteiger partial charge >= 0.3 is 0 Å². The summed E-state index contributed by atoms with van der Waals surface area (Å²) >= 11 is 0. The van der Waals surface area contributed by atoms with Crippen molar-refractivity contribution >= 4 is 5.69 Å². The molecule has 104 valence electrons. The summed E-state index contributed by atoms with van der Waals surface area (Å²) < 4.78 is 0. The molecule has 6 heteroatoms. The Hall–Kier alpha value is -2.50. The predicted molar refractivity (Wildman–Crippen MR) is 75.6 cm³/mol. The molecule has 0 unspecified atom stereocenters. The zero-order valence-corrected chi connectivity index (χ0v) is 11.5. The first-order valence-electron chi connectivity index (χ1n) is 6.14. The normalized spacial score (nSPS) is 11.3. The van der Waals surface area contributed by atoms with Gasteiger partial charge in [0.15, 0.2) is 0 Å². The van der Waals surface area contributed by atoms with Gasteiger partial charge < -0.3 is 4.98 Å². The number of hydrogen-bond acceptors (Lipinski definition) is 4. The van der Waals surface area contributed by atoms with Gasteiger partial charge in [0, 0.05) is 29.2 Å². The first-order chi connectivity index (χ1) is 9.27. The molecule has 2 aromatic rings. The lowest BCUT2D eigenvalue weighted by atomic mass is 9.95. The van der Waals surface area contributed by atoms with Crippen molar-refractivity contribution in [3.63, 3.8) is 0 Å². The van der Waals surface area contributed by atoms with Crippen LogP contribution in [0, 0.1) is 10.1 Å². The predicted octanol–water partition coefficient (Wildman–Crippen LogP) is 2.64. The number of aromatic nitrogens is 2. The fraction of sp³-hybridized carbons (Fsp3) is 0.286. The van der Waals surface area contributed by atoms with E-state index in [1.54, 1.807) is 12.1 Å². The molecule has 0 saturated heterocycles. The van der Waals surface area contributed by atoms with E-state index in [1.165, 1.54) is 18.2 Å². The summed E-state index contributed by atoms with van der Waals surface area (Å²) in [6.45, 7) is 5.80. The first kappa shape index (κ1) is 13.9. The maximum Gasteiger partial charge on any atom is 0.270 e. The minimum atomic E-state index is -0.471. The zero-order valence-electron chi connectivity index (χ0n) is 11.5. The zero-order chi connectivity index (χ0) is 14.9. The molecule has 0 spiro atoms. The second-order valence-electron chi connectivity index (χ2n) is 5.54. The van der Waals surface area contributed by atoms with E-state index < -0.39 is 4.92 Å². The average Bonchev–Trinajstić information content (AvgIpc) is 2.37. The molecule has 1 N–H and O–H groups in total. The lowest BCUT2D eigenvalue weighted by Gasteiger charge is -2.17. The monoisotopic (exact) mass is 273 g/mol. The molecule has 20 heavy (non-hydrogen) atoms. The summed E-state index contributed by atoms with van der Waals surface area (Å²) in [5, 5.41) is 10.8. The van der Waals surface area contributed by atoms with E-state index in [-0.39, 0.29) is 16.7 Å². The van der Waals surface area contributed by atoms with Crippen LogP contribution in [0.15, 0.2) is 35.1 Å². The highest BCUT2D eigenvalue weighted by Gasteiger charge is 2.18. The van der Waals surface area contributed by atoms with Crippen LogP contribution in [0.5, 0.6) is 0 Å². The number of nitro benzene ring substituents is 1. The smallest absolute Gasteiger partial charge is 0.270 e. The molecule has 1 aromatic carbocycles. The number of hydrogen-bond donors (Lipinski definition) is 1. The van der Waals surface area contributed by atoms with Crippen molar-refractivity contribution in [1.29, 1.82) is 0 Å². The van der Waals surface area contributed by atoms with Crippen molar-refractivity contribution in [1.82, 2.24) is 9.97 Å². The van der Waals surface area contributed by atoms with Crippen molar-refractivity contribution in [3.8, 4) is 11.3 Å². The van der Waals surface area contributed by atoms with Crippen molar-refractivity contribution in [3.05, 3.63) is 56.6 Å². The van der Waals surface area contributed by atoms with Gasteiger partial charge in [-0.15, -0.1) is 0 Å². The summed E-state index contributed by atoms with van der Waals surface area (Å²) in [4.78, 5) is 29.1. The third-order valence-electron chi connectivity index (χ3n) is 2.80. The lowest BCUT2D eigenvalue weighted by molar-refractivity contribution is -0.384. The van der Waals surface area contributed by atoms with Gasteiger partial charge in [0.1, 0.15) is 5.82 Å². The highest BCUT2D eigenvalue weighted by Crippen LogP contribution is 2.23. The molecule has 6 nitrogen and oxygen atoms in total. The molecule has 2 rings (SSSR count). The topological polar surface area (TPSA) is 88.9 Å². The van der Waals surface area contributed by atoms with E-state index in [0.717, 1.165) is 0 Å². The number of nitro groups is 1. The minimum absolute atomic E-state index is 0.0260. The first-order valence-corrected chi connectivity index (χ1v) is 6.14. The molecule has 1 heterocycles. The number of non-ortho nitro benzene ring substituents is 1. The van der Waals surface area contributed by atoms with E-state index in [2.05, 4.69) is 9.97 Å². The van der Waals surface area contributed by atoms with Gasteiger partial charge in [0.25, 0.3) is 11.2 Å². The van der Waals surface area contributed by atoms with E-state index in [1.807, 2.05) is 20.8 Å². The minimum Gasteiger partial charge on any atom is -0.310 e. The maximum atomic E-state index is 11.7. The highest BCUT2D eigenvalue weighted by molar-refractivity contribution is 5.62. The van der Waals surface area contributed by atoms with E-state index >= 15 is 0 Å². The molecule has 0 atom stereocenters. The largest absolute Gasteiger partial charge is 0.310 e. The number of H-pyrrole nitrogens is 1. The molecular weight excluding hydrogens is 258 g/mol. The molecule has 0 aliphatic heterocycles. The molecule has 0 aliphatic rings. The Labute approximate surface area is 115 Å².